The van der Waals surface area contributed by atoms with Crippen molar-refractivity contribution in [1.82, 2.24) is 0 Å². The molecule has 1 nitrogen and oxygen atoms in total. The zero-order chi connectivity index (χ0) is 15.7. The van der Waals surface area contributed by atoms with Crippen LogP contribution in [0.15, 0.2) is 0 Å². The molecule has 0 aromatic heterocycles. The molecule has 0 aliphatic rings. The number of halogens is 2. The van der Waals surface area contributed by atoms with Crippen LogP contribution in [0.3, 0.4) is 0 Å². The Morgan fingerprint density at radius 3 is 0.909 bits per heavy atom. The van der Waals surface area contributed by atoms with Crippen LogP contribution in [0.1, 0.15) is 79.1 Å². The second-order valence-electron chi connectivity index (χ2n) is 5.73. The van der Waals surface area contributed by atoms with E-state index in [-0.39, 0.29) is 14.9 Å². The van der Waals surface area contributed by atoms with Gasteiger partial charge in [0.1, 0.15) is 0 Å². The molecule has 0 bridgehead atoms. The molecule has 136 valence electrons. The summed E-state index contributed by atoms with van der Waals surface area (Å²) in [5.74, 6) is 0. The van der Waals surface area contributed by atoms with Gasteiger partial charge in [-0.1, -0.05) is 53.4 Å². The van der Waals surface area contributed by atoms with Gasteiger partial charge in [0.2, 0.25) is 0 Å². The average molecular weight is 338 g/mol. The average Bonchev–Trinajstić information content (AvgIpc) is 2.46. The monoisotopic (exact) mass is 337 g/mol. The second-order valence-corrected chi connectivity index (χ2v) is 5.90. The van der Waals surface area contributed by atoms with Gasteiger partial charge in [0, 0.05) is 0 Å². The molecule has 0 spiro atoms. The minimum absolute atomic E-state index is 0. The SMILES string of the molecule is CCCC[N+](CCCC)(CCCC)CCCC.[CH3-].[CH3-].[F][Al+][F]. The van der Waals surface area contributed by atoms with Crippen LogP contribution < -0.4 is 0 Å². The summed E-state index contributed by atoms with van der Waals surface area (Å²) >= 11 is -2.25. The summed E-state index contributed by atoms with van der Waals surface area (Å²) in [7, 11) is 0. The maximum absolute atomic E-state index is 9.71. The molecule has 22 heavy (non-hydrogen) atoms. The molecule has 0 aromatic rings. The maximum atomic E-state index is 9.71. The quantitative estimate of drug-likeness (QED) is 0.221. The molecule has 0 aliphatic heterocycles. The first-order valence-electron chi connectivity index (χ1n) is 8.53. The topological polar surface area (TPSA) is 0 Å². The Morgan fingerprint density at radius 2 is 0.773 bits per heavy atom. The van der Waals surface area contributed by atoms with Gasteiger partial charge in [0.25, 0.3) is 0 Å². The van der Waals surface area contributed by atoms with Crippen LogP contribution in [0.25, 0.3) is 0 Å². The third-order valence-corrected chi connectivity index (χ3v) is 3.94. The number of nitrogens with zero attached hydrogens (tertiary/aromatic N) is 1. The molecule has 0 atom stereocenters. The fraction of sp³-hybridized carbons (Fsp3) is 0.889. The van der Waals surface area contributed by atoms with Crippen molar-refractivity contribution >= 4 is 16.1 Å². The summed E-state index contributed by atoms with van der Waals surface area (Å²) in [5.41, 5.74) is 0. The summed E-state index contributed by atoms with van der Waals surface area (Å²) in [6, 6.07) is 0. The van der Waals surface area contributed by atoms with Crippen LogP contribution in [0, 0.1) is 14.9 Å². The Kier molecular flexibility index (Phi) is 32.5. The molecule has 0 saturated carbocycles. The standard InChI is InChI=1S/C16H36N.2CH3.Al.2FH/c1-5-9-13-17(14-10-6-2,15-11-7-3)16-12-8-4;;;;;/h5-16H2,1-4H3;2*1H3;;2*1H/q+1;2*-1;+3;;/p-2. The molecule has 0 aliphatic carbocycles. The Bertz CT molecular complexity index is 143. The van der Waals surface area contributed by atoms with Crippen molar-refractivity contribution in [2.24, 2.45) is 0 Å². The molecule has 0 unspecified atom stereocenters. The summed E-state index contributed by atoms with van der Waals surface area (Å²) in [4.78, 5) is 0. The second kappa shape index (κ2) is 23.6. The van der Waals surface area contributed by atoms with Crippen LogP contribution in [0.2, 0.25) is 0 Å². The van der Waals surface area contributed by atoms with Gasteiger partial charge in [0.15, 0.2) is 0 Å². The third-order valence-electron chi connectivity index (χ3n) is 3.94. The zero-order valence-corrected chi connectivity index (χ0v) is 17.4. The fourth-order valence-electron chi connectivity index (χ4n) is 2.64. The van der Waals surface area contributed by atoms with Crippen molar-refractivity contribution in [2.45, 2.75) is 79.1 Å². The van der Waals surface area contributed by atoms with Crippen LogP contribution >= 0.6 is 0 Å². The number of quaternary nitrogens is 1. The molecule has 0 saturated heterocycles. The molecule has 0 N–H and O–H groups in total. The molecule has 0 fully saturated rings. The molecular formula is C18H42AlF2N. The van der Waals surface area contributed by atoms with Crippen molar-refractivity contribution in [1.29, 1.82) is 0 Å². The Labute approximate surface area is 148 Å². The predicted molar refractivity (Wildman–Crippen MR) is 100 cm³/mol. The van der Waals surface area contributed by atoms with Gasteiger partial charge in [0.05, 0.1) is 26.2 Å². The van der Waals surface area contributed by atoms with Crippen LogP contribution in [0.5, 0.6) is 0 Å². The van der Waals surface area contributed by atoms with Gasteiger partial charge < -0.3 is 19.3 Å². The third kappa shape index (κ3) is 18.4. The summed E-state index contributed by atoms with van der Waals surface area (Å²) in [5, 5.41) is 0. The molecular weight excluding hydrogens is 295 g/mol. The Morgan fingerprint density at radius 1 is 0.591 bits per heavy atom. The van der Waals surface area contributed by atoms with Gasteiger partial charge in [-0.3, -0.25) is 0 Å². The summed E-state index contributed by atoms with van der Waals surface area (Å²) < 4.78 is 20.8. The van der Waals surface area contributed by atoms with Crippen molar-refractivity contribution in [2.75, 3.05) is 26.2 Å². The first kappa shape index (κ1) is 30.3. The van der Waals surface area contributed by atoms with Gasteiger partial charge in [-0.2, -0.15) is 0 Å². The number of rotatable bonds is 12. The molecule has 0 radical (unpaired) electrons. The number of hydrogen-bond donors (Lipinski definition) is 0. The van der Waals surface area contributed by atoms with Gasteiger partial charge in [-0.05, 0) is 25.7 Å². The zero-order valence-electron chi connectivity index (χ0n) is 16.3. The molecule has 0 amide bonds. The predicted octanol–water partition coefficient (Wildman–Crippen LogP) is 6.36. The van der Waals surface area contributed by atoms with Crippen molar-refractivity contribution in [3.05, 3.63) is 14.9 Å². The van der Waals surface area contributed by atoms with Crippen molar-refractivity contribution in [3.8, 4) is 0 Å². The van der Waals surface area contributed by atoms with Gasteiger partial charge >= 0.3 is 23.2 Å². The summed E-state index contributed by atoms with van der Waals surface area (Å²) in [6.45, 7) is 15.0. The molecule has 0 rings (SSSR count). The van der Waals surface area contributed by atoms with E-state index in [4.69, 9.17) is 0 Å². The summed E-state index contributed by atoms with van der Waals surface area (Å²) in [6.07, 6.45) is 11.1. The molecule has 0 heterocycles. The minimum atomic E-state index is -2.25. The van der Waals surface area contributed by atoms with Gasteiger partial charge in [-0.25, -0.2) is 0 Å². The molecule has 4 heteroatoms. The van der Waals surface area contributed by atoms with Crippen molar-refractivity contribution < 1.29 is 11.5 Å². The van der Waals surface area contributed by atoms with E-state index >= 15 is 0 Å². The van der Waals surface area contributed by atoms with E-state index < -0.39 is 16.1 Å². The van der Waals surface area contributed by atoms with Crippen LogP contribution in [-0.4, -0.2) is 46.8 Å². The van der Waals surface area contributed by atoms with E-state index in [1.54, 1.807) is 0 Å². The van der Waals surface area contributed by atoms with E-state index in [2.05, 4.69) is 27.7 Å². The van der Waals surface area contributed by atoms with Crippen LogP contribution in [-0.2, 0) is 0 Å². The first-order chi connectivity index (χ1) is 9.66. The Hall–Kier alpha value is 0.352. The normalized spacial score (nSPS) is 9.73. The first-order valence-corrected chi connectivity index (χ1v) is 9.40. The van der Waals surface area contributed by atoms with E-state index in [9.17, 15) is 7.05 Å². The Balaban J connectivity index is -0.000000297. The molecule has 0 aromatic carbocycles. The van der Waals surface area contributed by atoms with E-state index in [0.717, 1.165) is 0 Å². The number of hydrogen-bond acceptors (Lipinski definition) is 0. The van der Waals surface area contributed by atoms with Crippen molar-refractivity contribution in [3.63, 3.8) is 0 Å². The fourth-order valence-corrected chi connectivity index (χ4v) is 2.64. The van der Waals surface area contributed by atoms with Crippen LogP contribution in [0.4, 0.5) is 7.05 Å². The van der Waals surface area contributed by atoms with E-state index in [1.165, 1.54) is 82.0 Å². The van der Waals surface area contributed by atoms with E-state index in [0.29, 0.717) is 0 Å². The van der Waals surface area contributed by atoms with E-state index in [1.807, 2.05) is 0 Å². The number of unbranched alkanes of at least 4 members (excludes halogenated alkanes) is 4. The van der Waals surface area contributed by atoms with Gasteiger partial charge in [-0.15, -0.1) is 0 Å².